The Bertz CT molecular complexity index is 444. The van der Waals surface area contributed by atoms with Gasteiger partial charge in [-0.25, -0.2) is 0 Å². The third-order valence-corrected chi connectivity index (χ3v) is 3.68. The lowest BCUT2D eigenvalue weighted by Crippen LogP contribution is -2.18. The molecule has 0 unspecified atom stereocenters. The van der Waals surface area contributed by atoms with E-state index in [4.69, 9.17) is 9.98 Å². The van der Waals surface area contributed by atoms with Crippen LogP contribution >= 0.6 is 0 Å². The molecule has 0 fully saturated rings. The first kappa shape index (κ1) is 14.9. The fourth-order valence-corrected chi connectivity index (χ4v) is 2.47. The maximum Gasteiger partial charge on any atom is 0.0404 e. The highest BCUT2D eigenvalue weighted by molar-refractivity contribution is 6.11. The van der Waals surface area contributed by atoms with Gasteiger partial charge < -0.3 is 5.32 Å². The van der Waals surface area contributed by atoms with Gasteiger partial charge in [0.1, 0.15) is 0 Å². The van der Waals surface area contributed by atoms with Crippen LogP contribution in [0.2, 0.25) is 0 Å². The highest BCUT2D eigenvalue weighted by atomic mass is 14.9. The van der Waals surface area contributed by atoms with Crippen molar-refractivity contribution in [2.24, 2.45) is 9.98 Å². The normalized spacial score (nSPS) is 18.5. The van der Waals surface area contributed by atoms with E-state index in [0.717, 1.165) is 50.4 Å². The minimum Gasteiger partial charge on any atom is -0.317 e. The predicted molar refractivity (Wildman–Crippen MR) is 87.3 cm³/mol. The average molecular weight is 271 g/mol. The number of rotatable bonds is 0. The van der Waals surface area contributed by atoms with Crippen LogP contribution in [0.4, 0.5) is 0 Å². The van der Waals surface area contributed by atoms with Crippen LogP contribution in [0.3, 0.4) is 0 Å². The van der Waals surface area contributed by atoms with Crippen LogP contribution in [0, 0.1) is 0 Å². The molecule has 1 aromatic rings. The second-order valence-corrected chi connectivity index (χ2v) is 5.29. The summed E-state index contributed by atoms with van der Waals surface area (Å²) in [5.74, 6) is 0. The summed E-state index contributed by atoms with van der Waals surface area (Å²) in [6.45, 7) is 8.16. The van der Waals surface area contributed by atoms with Crippen LogP contribution in [0.1, 0.15) is 44.2 Å². The molecule has 0 saturated carbocycles. The van der Waals surface area contributed by atoms with Gasteiger partial charge in [-0.05, 0) is 46.2 Å². The summed E-state index contributed by atoms with van der Waals surface area (Å²) in [5, 5.41) is 3.47. The van der Waals surface area contributed by atoms with Gasteiger partial charge in [0.2, 0.25) is 0 Å². The molecule has 0 bridgehead atoms. The Labute approximate surface area is 122 Å². The van der Waals surface area contributed by atoms with Crippen LogP contribution in [0.15, 0.2) is 34.3 Å². The molecule has 2 rings (SSSR count). The molecule has 108 valence electrons. The van der Waals surface area contributed by atoms with Gasteiger partial charge in [-0.2, -0.15) is 0 Å². The quantitative estimate of drug-likeness (QED) is 0.773. The first-order valence-corrected chi connectivity index (χ1v) is 7.61. The van der Waals surface area contributed by atoms with Crippen LogP contribution in [-0.4, -0.2) is 37.6 Å². The highest BCUT2D eigenvalue weighted by Gasteiger charge is 2.07. The zero-order valence-corrected chi connectivity index (χ0v) is 12.7. The molecule has 0 amide bonds. The Kier molecular flexibility index (Phi) is 5.93. The standard InChI is InChI=1S/C17H25N3/c1-14-16-8-3-4-9-17(16)15(2)20-13-7-11-18-10-5-6-12-19-14/h3-4,8-9,18H,5-7,10-13H2,1-2H3. The maximum absolute atomic E-state index is 4.72. The zero-order chi connectivity index (χ0) is 14.2. The minimum atomic E-state index is 0.892. The average Bonchev–Trinajstić information content (AvgIpc) is 2.48. The summed E-state index contributed by atoms with van der Waals surface area (Å²) in [6, 6.07) is 8.46. The van der Waals surface area contributed by atoms with Gasteiger partial charge in [-0.3, -0.25) is 9.98 Å². The molecule has 0 aliphatic carbocycles. The molecule has 1 aromatic carbocycles. The van der Waals surface area contributed by atoms with Crippen molar-refractivity contribution in [1.82, 2.24) is 5.32 Å². The molecule has 3 nitrogen and oxygen atoms in total. The number of benzene rings is 1. The molecule has 0 spiro atoms. The van der Waals surface area contributed by atoms with Crippen molar-refractivity contribution in [3.63, 3.8) is 0 Å². The van der Waals surface area contributed by atoms with Crippen LogP contribution < -0.4 is 5.32 Å². The highest BCUT2D eigenvalue weighted by Crippen LogP contribution is 2.12. The van der Waals surface area contributed by atoms with Gasteiger partial charge in [0, 0.05) is 35.6 Å². The van der Waals surface area contributed by atoms with Crippen molar-refractivity contribution < 1.29 is 0 Å². The summed E-state index contributed by atoms with van der Waals surface area (Å²) in [7, 11) is 0. The molecular weight excluding hydrogens is 246 g/mol. The largest absolute Gasteiger partial charge is 0.317 e. The van der Waals surface area contributed by atoms with Crippen LogP contribution in [-0.2, 0) is 0 Å². The Morgan fingerprint density at radius 3 is 2.00 bits per heavy atom. The summed E-state index contributed by atoms with van der Waals surface area (Å²) in [4.78, 5) is 9.43. The van der Waals surface area contributed by atoms with Crippen molar-refractivity contribution in [3.05, 3.63) is 35.4 Å². The van der Waals surface area contributed by atoms with Crippen molar-refractivity contribution in [2.45, 2.75) is 33.1 Å². The molecule has 1 aliphatic heterocycles. The molecule has 0 atom stereocenters. The van der Waals surface area contributed by atoms with E-state index in [1.54, 1.807) is 0 Å². The number of nitrogens with zero attached hydrogens (tertiary/aromatic N) is 2. The van der Waals surface area contributed by atoms with Crippen molar-refractivity contribution >= 4 is 11.4 Å². The summed E-state index contributed by atoms with van der Waals surface area (Å²) < 4.78 is 0. The molecular formula is C17H25N3. The number of hydrogen-bond donors (Lipinski definition) is 1. The van der Waals surface area contributed by atoms with Crippen molar-refractivity contribution in [3.8, 4) is 0 Å². The Morgan fingerprint density at radius 2 is 1.35 bits per heavy atom. The first-order valence-electron chi connectivity index (χ1n) is 7.61. The molecule has 3 heteroatoms. The van der Waals surface area contributed by atoms with Crippen LogP contribution in [0.5, 0.6) is 0 Å². The number of hydrogen-bond acceptors (Lipinski definition) is 3. The van der Waals surface area contributed by atoms with Gasteiger partial charge in [0.15, 0.2) is 0 Å². The maximum atomic E-state index is 4.72. The Hall–Kier alpha value is -1.48. The topological polar surface area (TPSA) is 36.8 Å². The lowest BCUT2D eigenvalue weighted by atomic mass is 10.0. The Balaban J connectivity index is 2.27. The van der Waals surface area contributed by atoms with E-state index in [9.17, 15) is 0 Å². The second kappa shape index (κ2) is 7.95. The SMILES string of the molecule is CC1=NCCCCNCCCN=C(C)c2ccccc21. The van der Waals surface area contributed by atoms with E-state index in [2.05, 4.69) is 43.4 Å². The van der Waals surface area contributed by atoms with E-state index in [1.807, 2.05) is 0 Å². The molecule has 0 saturated heterocycles. The van der Waals surface area contributed by atoms with E-state index in [0.29, 0.717) is 0 Å². The van der Waals surface area contributed by atoms with Gasteiger partial charge in [-0.15, -0.1) is 0 Å². The number of aliphatic imine (C=N–C) groups is 2. The molecule has 1 aliphatic rings. The summed E-state index contributed by atoms with van der Waals surface area (Å²) in [6.07, 6.45) is 3.45. The molecule has 0 aromatic heterocycles. The van der Waals surface area contributed by atoms with Crippen LogP contribution in [0.25, 0.3) is 0 Å². The summed E-state index contributed by atoms with van der Waals surface area (Å²) >= 11 is 0. The van der Waals surface area contributed by atoms with Crippen molar-refractivity contribution in [2.75, 3.05) is 26.2 Å². The van der Waals surface area contributed by atoms with Crippen molar-refractivity contribution in [1.29, 1.82) is 0 Å². The minimum absolute atomic E-state index is 0.892. The van der Waals surface area contributed by atoms with Gasteiger partial charge in [0.25, 0.3) is 0 Å². The molecule has 1 heterocycles. The Morgan fingerprint density at radius 1 is 0.800 bits per heavy atom. The van der Waals surface area contributed by atoms with E-state index in [-0.39, 0.29) is 0 Å². The predicted octanol–water partition coefficient (Wildman–Crippen LogP) is 3.08. The van der Waals surface area contributed by atoms with E-state index in [1.165, 1.54) is 17.5 Å². The molecule has 0 radical (unpaired) electrons. The molecule has 1 N–H and O–H groups in total. The number of fused-ring (bicyclic) bond motifs is 1. The third kappa shape index (κ3) is 4.27. The lowest BCUT2D eigenvalue weighted by Gasteiger charge is -2.11. The third-order valence-electron chi connectivity index (χ3n) is 3.68. The first-order chi connectivity index (χ1) is 9.79. The smallest absolute Gasteiger partial charge is 0.0404 e. The number of nitrogens with one attached hydrogen (secondary N) is 1. The lowest BCUT2D eigenvalue weighted by molar-refractivity contribution is 0.611. The van der Waals surface area contributed by atoms with Gasteiger partial charge >= 0.3 is 0 Å². The fraction of sp³-hybridized carbons (Fsp3) is 0.529. The second-order valence-electron chi connectivity index (χ2n) is 5.29. The van der Waals surface area contributed by atoms with Gasteiger partial charge in [0.05, 0.1) is 0 Å². The summed E-state index contributed by atoms with van der Waals surface area (Å²) in [5.41, 5.74) is 4.69. The monoisotopic (exact) mass is 271 g/mol. The van der Waals surface area contributed by atoms with E-state index >= 15 is 0 Å². The fourth-order valence-electron chi connectivity index (χ4n) is 2.47. The van der Waals surface area contributed by atoms with E-state index < -0.39 is 0 Å². The molecule has 20 heavy (non-hydrogen) atoms. The van der Waals surface area contributed by atoms with Gasteiger partial charge in [-0.1, -0.05) is 24.3 Å². The zero-order valence-electron chi connectivity index (χ0n) is 12.7.